The van der Waals surface area contributed by atoms with E-state index in [-0.39, 0.29) is 19.1 Å². The first-order valence-electron chi connectivity index (χ1n) is 11.0. The highest BCUT2D eigenvalue weighted by atomic mass is 16.5. The Balaban J connectivity index is 1.71. The van der Waals surface area contributed by atoms with Crippen molar-refractivity contribution in [2.75, 3.05) is 45.8 Å². The zero-order chi connectivity index (χ0) is 24.2. The summed E-state index contributed by atoms with van der Waals surface area (Å²) in [5, 5.41) is 2.49. The van der Waals surface area contributed by atoms with Crippen LogP contribution in [0.3, 0.4) is 0 Å². The number of rotatable bonds is 12. The first-order valence-corrected chi connectivity index (χ1v) is 11.0. The predicted octanol–water partition coefficient (Wildman–Crippen LogP) is 2.86. The second-order valence-electron chi connectivity index (χ2n) is 7.88. The van der Waals surface area contributed by atoms with Crippen LogP contribution in [-0.4, -0.2) is 63.6 Å². The second-order valence-corrected chi connectivity index (χ2v) is 7.88. The average molecular weight is 456 g/mol. The quantitative estimate of drug-likeness (QED) is 0.391. The molecule has 1 N–H and O–H groups in total. The molecule has 0 atom stereocenters. The Morgan fingerprint density at radius 1 is 0.939 bits per heavy atom. The summed E-state index contributed by atoms with van der Waals surface area (Å²) >= 11 is 0. The van der Waals surface area contributed by atoms with E-state index in [0.717, 1.165) is 24.1 Å². The van der Waals surface area contributed by atoms with Crippen molar-refractivity contribution in [1.82, 2.24) is 10.2 Å². The van der Waals surface area contributed by atoms with Crippen molar-refractivity contribution in [2.24, 2.45) is 0 Å². The van der Waals surface area contributed by atoms with E-state index in [1.807, 2.05) is 43.3 Å². The standard InChI is InChI=1S/C25H33N3O5/c1-5-6-15-32-22-13-9-20(10-14-22)25(31)26-16-24(30)33-18-23(29)28(4)17-19-7-11-21(12-8-19)27(2)3/h7-14H,5-6,15-18H2,1-4H3,(H,26,31). The van der Waals surface area contributed by atoms with Crippen LogP contribution in [0.5, 0.6) is 5.75 Å². The molecule has 33 heavy (non-hydrogen) atoms. The molecule has 0 aromatic heterocycles. The van der Waals surface area contributed by atoms with Gasteiger partial charge >= 0.3 is 5.97 Å². The maximum atomic E-state index is 12.3. The highest BCUT2D eigenvalue weighted by Gasteiger charge is 2.14. The summed E-state index contributed by atoms with van der Waals surface area (Å²) < 4.78 is 10.6. The minimum Gasteiger partial charge on any atom is -0.494 e. The van der Waals surface area contributed by atoms with Gasteiger partial charge in [0.25, 0.3) is 11.8 Å². The lowest BCUT2D eigenvalue weighted by atomic mass is 10.2. The Morgan fingerprint density at radius 3 is 2.21 bits per heavy atom. The highest BCUT2D eigenvalue weighted by molar-refractivity contribution is 5.96. The molecule has 8 heteroatoms. The van der Waals surface area contributed by atoms with Gasteiger partial charge in [0, 0.05) is 38.9 Å². The number of ether oxygens (including phenoxy) is 2. The van der Waals surface area contributed by atoms with E-state index in [1.54, 1.807) is 31.3 Å². The van der Waals surface area contributed by atoms with Gasteiger partial charge in [-0.1, -0.05) is 25.5 Å². The Kier molecular flexibility index (Phi) is 10.2. The molecule has 2 amide bonds. The monoisotopic (exact) mass is 455 g/mol. The largest absolute Gasteiger partial charge is 0.494 e. The molecule has 2 aromatic carbocycles. The predicted molar refractivity (Wildman–Crippen MR) is 127 cm³/mol. The van der Waals surface area contributed by atoms with Crippen molar-refractivity contribution < 1.29 is 23.9 Å². The van der Waals surface area contributed by atoms with E-state index in [1.165, 1.54) is 4.90 Å². The molecular weight excluding hydrogens is 422 g/mol. The molecule has 0 fully saturated rings. The molecule has 0 bridgehead atoms. The fourth-order valence-corrected chi connectivity index (χ4v) is 2.86. The van der Waals surface area contributed by atoms with E-state index < -0.39 is 11.9 Å². The van der Waals surface area contributed by atoms with Gasteiger partial charge in [-0.3, -0.25) is 14.4 Å². The topological polar surface area (TPSA) is 88.2 Å². The number of carbonyl (C=O) groups excluding carboxylic acids is 3. The van der Waals surface area contributed by atoms with Crippen LogP contribution in [0, 0.1) is 0 Å². The lowest BCUT2D eigenvalue weighted by molar-refractivity contribution is -0.150. The molecule has 0 aliphatic carbocycles. The van der Waals surface area contributed by atoms with Crippen LogP contribution in [-0.2, 0) is 20.9 Å². The van der Waals surface area contributed by atoms with Gasteiger partial charge in [0.1, 0.15) is 12.3 Å². The van der Waals surface area contributed by atoms with Gasteiger partial charge in [0.2, 0.25) is 0 Å². The summed E-state index contributed by atoms with van der Waals surface area (Å²) in [5.74, 6) is -0.725. The number of amides is 2. The second kappa shape index (κ2) is 13.1. The van der Waals surface area contributed by atoms with Gasteiger partial charge in [-0.15, -0.1) is 0 Å². The zero-order valence-corrected chi connectivity index (χ0v) is 19.8. The van der Waals surface area contributed by atoms with Crippen LogP contribution in [0.4, 0.5) is 5.69 Å². The maximum absolute atomic E-state index is 12.3. The van der Waals surface area contributed by atoms with Crippen LogP contribution in [0.15, 0.2) is 48.5 Å². The molecule has 178 valence electrons. The normalized spacial score (nSPS) is 10.3. The number of nitrogens with one attached hydrogen (secondary N) is 1. The van der Waals surface area contributed by atoms with E-state index in [9.17, 15) is 14.4 Å². The molecule has 0 saturated carbocycles. The number of esters is 1. The van der Waals surface area contributed by atoms with Crippen molar-refractivity contribution in [3.63, 3.8) is 0 Å². The molecule has 0 spiro atoms. The molecule has 0 aliphatic heterocycles. The minimum atomic E-state index is -0.681. The van der Waals surface area contributed by atoms with Crippen LogP contribution in [0.1, 0.15) is 35.7 Å². The lowest BCUT2D eigenvalue weighted by Crippen LogP contribution is -2.34. The maximum Gasteiger partial charge on any atom is 0.325 e. The molecule has 0 heterocycles. The molecule has 8 nitrogen and oxygen atoms in total. The van der Waals surface area contributed by atoms with Crippen molar-refractivity contribution in [3.05, 3.63) is 59.7 Å². The fourth-order valence-electron chi connectivity index (χ4n) is 2.86. The third-order valence-electron chi connectivity index (χ3n) is 4.93. The number of carbonyl (C=O) groups is 3. The first-order chi connectivity index (χ1) is 15.8. The Labute approximate surface area is 195 Å². The molecule has 0 saturated heterocycles. The summed E-state index contributed by atoms with van der Waals surface area (Å²) in [5.41, 5.74) is 2.44. The summed E-state index contributed by atoms with van der Waals surface area (Å²) in [6.07, 6.45) is 2.01. The van der Waals surface area contributed by atoms with Crippen LogP contribution < -0.4 is 15.0 Å². The number of unbranched alkanes of at least 4 members (excludes halogenated alkanes) is 1. The van der Waals surface area contributed by atoms with Crippen molar-refractivity contribution in [3.8, 4) is 5.75 Å². The number of hydrogen-bond donors (Lipinski definition) is 1. The zero-order valence-electron chi connectivity index (χ0n) is 19.8. The highest BCUT2D eigenvalue weighted by Crippen LogP contribution is 2.14. The molecule has 2 aromatic rings. The van der Waals surface area contributed by atoms with Crippen LogP contribution >= 0.6 is 0 Å². The van der Waals surface area contributed by atoms with Gasteiger partial charge in [-0.25, -0.2) is 0 Å². The minimum absolute atomic E-state index is 0.323. The Bertz CT molecular complexity index is 911. The molecule has 2 rings (SSSR count). The van der Waals surface area contributed by atoms with E-state index in [4.69, 9.17) is 9.47 Å². The summed E-state index contributed by atoms with van der Waals surface area (Å²) in [6.45, 7) is 2.41. The number of hydrogen-bond acceptors (Lipinski definition) is 6. The third-order valence-corrected chi connectivity index (χ3v) is 4.93. The van der Waals surface area contributed by atoms with Gasteiger partial charge in [-0.2, -0.15) is 0 Å². The third kappa shape index (κ3) is 8.84. The Hall–Kier alpha value is -3.55. The van der Waals surface area contributed by atoms with Gasteiger partial charge < -0.3 is 24.6 Å². The van der Waals surface area contributed by atoms with Crippen LogP contribution in [0.25, 0.3) is 0 Å². The summed E-state index contributed by atoms with van der Waals surface area (Å²) in [4.78, 5) is 39.9. The van der Waals surface area contributed by atoms with E-state index in [0.29, 0.717) is 24.5 Å². The SMILES string of the molecule is CCCCOc1ccc(C(=O)NCC(=O)OCC(=O)N(C)Cc2ccc(N(C)C)cc2)cc1. The number of benzene rings is 2. The molecular formula is C25H33N3O5. The number of anilines is 1. The van der Waals surface area contributed by atoms with Crippen molar-refractivity contribution in [1.29, 1.82) is 0 Å². The fraction of sp³-hybridized carbons (Fsp3) is 0.400. The van der Waals surface area contributed by atoms with Gasteiger partial charge in [-0.05, 0) is 48.4 Å². The summed E-state index contributed by atoms with van der Waals surface area (Å²) in [7, 11) is 5.57. The van der Waals surface area contributed by atoms with E-state index in [2.05, 4.69) is 12.2 Å². The molecule has 0 radical (unpaired) electrons. The van der Waals surface area contributed by atoms with Crippen LogP contribution in [0.2, 0.25) is 0 Å². The average Bonchev–Trinajstić information content (AvgIpc) is 2.81. The van der Waals surface area contributed by atoms with Gasteiger partial charge in [0.15, 0.2) is 6.61 Å². The van der Waals surface area contributed by atoms with Crippen molar-refractivity contribution >= 4 is 23.5 Å². The lowest BCUT2D eigenvalue weighted by Gasteiger charge is -2.18. The smallest absolute Gasteiger partial charge is 0.325 e. The van der Waals surface area contributed by atoms with Crippen molar-refractivity contribution in [2.45, 2.75) is 26.3 Å². The molecule has 0 unspecified atom stereocenters. The number of nitrogens with zero attached hydrogens (tertiary/aromatic N) is 2. The van der Waals surface area contributed by atoms with Gasteiger partial charge in [0.05, 0.1) is 6.61 Å². The number of likely N-dealkylation sites (N-methyl/N-ethyl adjacent to an activating group) is 1. The Morgan fingerprint density at radius 2 is 1.61 bits per heavy atom. The first kappa shape index (κ1) is 25.7. The summed E-state index contributed by atoms with van der Waals surface area (Å²) in [6, 6.07) is 14.5. The van der Waals surface area contributed by atoms with E-state index >= 15 is 0 Å². The molecule has 0 aliphatic rings.